The van der Waals surface area contributed by atoms with Crippen molar-refractivity contribution in [3.05, 3.63) is 0 Å². The molecule has 1 heterocycles. The van der Waals surface area contributed by atoms with Crippen LogP contribution in [0.4, 0.5) is 0 Å². The van der Waals surface area contributed by atoms with Crippen LogP contribution in [0.3, 0.4) is 0 Å². The highest BCUT2D eigenvalue weighted by molar-refractivity contribution is 7.80. The van der Waals surface area contributed by atoms with Crippen LogP contribution in [0.25, 0.3) is 0 Å². The molecule has 0 aromatic heterocycles. The molecule has 3 heteroatoms. The van der Waals surface area contributed by atoms with E-state index in [2.05, 4.69) is 17.6 Å². The fraction of sp³-hybridized carbons (Fsp3) is 0.800. The van der Waals surface area contributed by atoms with E-state index in [1.54, 1.807) is 0 Å². The van der Waals surface area contributed by atoms with Crippen LogP contribution in [0.5, 0.6) is 0 Å². The molecule has 0 radical (unpaired) electrons. The lowest BCUT2D eigenvalue weighted by atomic mass is 10.5. The lowest BCUT2D eigenvalue weighted by Gasteiger charge is -1.94. The SMILES string of the molecule is SCCC1=NCCO1. The molecule has 8 heavy (non-hydrogen) atoms. The largest absolute Gasteiger partial charge is 0.479 e. The third-order valence-electron chi connectivity index (χ3n) is 0.974. The molecule has 0 aliphatic carbocycles. The van der Waals surface area contributed by atoms with E-state index < -0.39 is 0 Å². The predicted octanol–water partition coefficient (Wildman–Crippen LogP) is 0.735. The van der Waals surface area contributed by atoms with Crippen molar-refractivity contribution in [3.63, 3.8) is 0 Å². The van der Waals surface area contributed by atoms with Gasteiger partial charge in [0.05, 0.1) is 6.54 Å². The number of rotatable bonds is 2. The summed E-state index contributed by atoms with van der Waals surface area (Å²) < 4.78 is 5.09. The van der Waals surface area contributed by atoms with Gasteiger partial charge < -0.3 is 4.74 Å². The highest BCUT2D eigenvalue weighted by Gasteiger charge is 2.03. The summed E-state index contributed by atoms with van der Waals surface area (Å²) in [4.78, 5) is 4.07. The first-order valence-electron chi connectivity index (χ1n) is 2.70. The van der Waals surface area contributed by atoms with Crippen LogP contribution in [0.1, 0.15) is 6.42 Å². The van der Waals surface area contributed by atoms with Crippen molar-refractivity contribution in [2.75, 3.05) is 18.9 Å². The Morgan fingerprint density at radius 3 is 3.12 bits per heavy atom. The number of hydrogen-bond donors (Lipinski definition) is 1. The zero-order valence-corrected chi connectivity index (χ0v) is 5.53. The topological polar surface area (TPSA) is 21.6 Å². The molecule has 1 aliphatic rings. The molecule has 0 N–H and O–H groups in total. The van der Waals surface area contributed by atoms with Crippen LogP contribution in [-0.2, 0) is 4.74 Å². The number of hydrogen-bond acceptors (Lipinski definition) is 3. The molecule has 0 unspecified atom stereocenters. The van der Waals surface area contributed by atoms with Gasteiger partial charge in [0.15, 0.2) is 5.90 Å². The molecule has 0 fully saturated rings. The van der Waals surface area contributed by atoms with E-state index in [9.17, 15) is 0 Å². The second-order valence-electron chi connectivity index (χ2n) is 1.60. The van der Waals surface area contributed by atoms with Gasteiger partial charge >= 0.3 is 0 Å². The van der Waals surface area contributed by atoms with Gasteiger partial charge in [-0.15, -0.1) is 0 Å². The number of thiol groups is 1. The molecule has 0 saturated carbocycles. The Balaban J connectivity index is 2.23. The first-order valence-corrected chi connectivity index (χ1v) is 3.33. The molecule has 0 bridgehead atoms. The maximum absolute atomic E-state index is 5.09. The van der Waals surface area contributed by atoms with E-state index in [0.29, 0.717) is 0 Å². The van der Waals surface area contributed by atoms with Gasteiger partial charge in [-0.3, -0.25) is 4.99 Å². The first kappa shape index (κ1) is 5.95. The molecule has 0 aromatic rings. The summed E-state index contributed by atoms with van der Waals surface area (Å²) >= 11 is 4.03. The average Bonchev–Trinajstić information content (AvgIpc) is 2.19. The Bertz CT molecular complexity index is 103. The summed E-state index contributed by atoms with van der Waals surface area (Å²) in [7, 11) is 0. The van der Waals surface area contributed by atoms with Crippen molar-refractivity contribution in [2.24, 2.45) is 4.99 Å². The molecule has 0 saturated heterocycles. The highest BCUT2D eigenvalue weighted by Crippen LogP contribution is 1.98. The predicted molar refractivity (Wildman–Crippen MR) is 36.7 cm³/mol. The van der Waals surface area contributed by atoms with Gasteiger partial charge in [0.25, 0.3) is 0 Å². The number of aliphatic imine (C=N–C) groups is 1. The average molecular weight is 131 g/mol. The van der Waals surface area contributed by atoms with Gasteiger partial charge in [0.1, 0.15) is 6.61 Å². The zero-order valence-electron chi connectivity index (χ0n) is 4.63. The fourth-order valence-electron chi connectivity index (χ4n) is 0.626. The monoisotopic (exact) mass is 131 g/mol. The third kappa shape index (κ3) is 1.40. The summed E-state index contributed by atoms with van der Waals surface area (Å²) in [5.74, 6) is 1.71. The fourth-order valence-corrected chi connectivity index (χ4v) is 0.818. The molecule has 0 atom stereocenters. The van der Waals surface area contributed by atoms with Crippen LogP contribution < -0.4 is 0 Å². The van der Waals surface area contributed by atoms with E-state index in [1.807, 2.05) is 0 Å². The van der Waals surface area contributed by atoms with Gasteiger partial charge in [-0.25, -0.2) is 0 Å². The third-order valence-corrected chi connectivity index (χ3v) is 1.20. The van der Waals surface area contributed by atoms with Crippen molar-refractivity contribution < 1.29 is 4.74 Å². The maximum atomic E-state index is 5.09. The van der Waals surface area contributed by atoms with Crippen LogP contribution in [0.2, 0.25) is 0 Å². The molecule has 2 nitrogen and oxygen atoms in total. The Kier molecular flexibility index (Phi) is 2.21. The summed E-state index contributed by atoms with van der Waals surface area (Å²) in [6.07, 6.45) is 0.878. The molecule has 1 rings (SSSR count). The standard InChI is InChI=1S/C5H9NOS/c8-4-1-5-6-2-3-7-5/h8H,1-4H2. The molecule has 46 valence electrons. The van der Waals surface area contributed by atoms with Crippen molar-refractivity contribution in [1.82, 2.24) is 0 Å². The zero-order chi connectivity index (χ0) is 5.82. The Morgan fingerprint density at radius 2 is 2.62 bits per heavy atom. The Hall–Kier alpha value is -0.180. The summed E-state index contributed by atoms with van der Waals surface area (Å²) in [6, 6.07) is 0. The molecule has 0 aromatic carbocycles. The van der Waals surface area contributed by atoms with Gasteiger partial charge in [-0.05, 0) is 5.75 Å². The van der Waals surface area contributed by atoms with E-state index in [1.165, 1.54) is 0 Å². The van der Waals surface area contributed by atoms with Crippen molar-refractivity contribution in [1.29, 1.82) is 0 Å². The van der Waals surface area contributed by atoms with Crippen molar-refractivity contribution >= 4 is 18.5 Å². The molecule has 0 spiro atoms. The van der Waals surface area contributed by atoms with Gasteiger partial charge in [-0.1, -0.05) is 0 Å². The van der Waals surface area contributed by atoms with Crippen molar-refractivity contribution in [2.45, 2.75) is 6.42 Å². The summed E-state index contributed by atoms with van der Waals surface area (Å²) in [5.41, 5.74) is 0. The number of nitrogens with zero attached hydrogens (tertiary/aromatic N) is 1. The minimum Gasteiger partial charge on any atom is -0.479 e. The highest BCUT2D eigenvalue weighted by atomic mass is 32.1. The van der Waals surface area contributed by atoms with Gasteiger partial charge in [-0.2, -0.15) is 12.6 Å². The minimum atomic E-state index is 0.767. The van der Waals surface area contributed by atoms with E-state index >= 15 is 0 Å². The Labute approximate surface area is 54.4 Å². The number of ether oxygens (including phenoxy) is 1. The first-order chi connectivity index (χ1) is 3.93. The molecule has 1 aliphatic heterocycles. The van der Waals surface area contributed by atoms with Gasteiger partial charge in [0, 0.05) is 6.42 Å². The lowest BCUT2D eigenvalue weighted by molar-refractivity contribution is 0.340. The van der Waals surface area contributed by atoms with E-state index in [0.717, 1.165) is 31.2 Å². The van der Waals surface area contributed by atoms with E-state index in [4.69, 9.17) is 4.74 Å². The minimum absolute atomic E-state index is 0.767. The second kappa shape index (κ2) is 2.97. The van der Waals surface area contributed by atoms with Crippen LogP contribution in [0, 0.1) is 0 Å². The van der Waals surface area contributed by atoms with Crippen molar-refractivity contribution in [3.8, 4) is 0 Å². The van der Waals surface area contributed by atoms with Crippen LogP contribution >= 0.6 is 12.6 Å². The smallest absolute Gasteiger partial charge is 0.184 e. The van der Waals surface area contributed by atoms with Crippen LogP contribution in [-0.4, -0.2) is 24.8 Å². The van der Waals surface area contributed by atoms with E-state index in [-0.39, 0.29) is 0 Å². The molecule has 0 amide bonds. The Morgan fingerprint density at radius 1 is 1.75 bits per heavy atom. The summed E-state index contributed by atoms with van der Waals surface area (Å²) in [6.45, 7) is 1.60. The molecular weight excluding hydrogens is 122 g/mol. The quantitative estimate of drug-likeness (QED) is 0.548. The van der Waals surface area contributed by atoms with Crippen LogP contribution in [0.15, 0.2) is 4.99 Å². The maximum Gasteiger partial charge on any atom is 0.184 e. The summed E-state index contributed by atoms with van der Waals surface area (Å²) in [5, 5.41) is 0. The normalized spacial score (nSPS) is 17.9. The molecular formula is C5H9NOS. The second-order valence-corrected chi connectivity index (χ2v) is 2.04. The van der Waals surface area contributed by atoms with Gasteiger partial charge in [0.2, 0.25) is 0 Å². The lowest BCUT2D eigenvalue weighted by Crippen LogP contribution is -1.98.